The number of hydrogen-bond acceptors (Lipinski definition) is 3. The fourth-order valence-corrected chi connectivity index (χ4v) is 3.88. The molecule has 1 unspecified atom stereocenters. The van der Waals surface area contributed by atoms with Gasteiger partial charge in [-0.05, 0) is 43.7 Å². The Hall–Kier alpha value is -1.50. The molecule has 0 bridgehead atoms. The van der Waals surface area contributed by atoms with E-state index in [1.54, 1.807) is 19.2 Å². The summed E-state index contributed by atoms with van der Waals surface area (Å²) >= 11 is 5.86. The van der Waals surface area contributed by atoms with Crippen LogP contribution in [-0.2, 0) is 16.4 Å². The Morgan fingerprint density at radius 2 is 2.09 bits per heavy atom. The number of halogens is 2. The van der Waals surface area contributed by atoms with Crippen molar-refractivity contribution in [3.05, 3.63) is 58.6 Å². The smallest absolute Gasteiger partial charge is 0.242 e. The molecule has 0 aliphatic rings. The molecule has 4 nitrogen and oxygen atoms in total. The summed E-state index contributed by atoms with van der Waals surface area (Å²) in [5, 5.41) is -0.138. The van der Waals surface area contributed by atoms with Crippen molar-refractivity contribution in [3.8, 4) is 0 Å². The van der Waals surface area contributed by atoms with Crippen LogP contribution < -0.4 is 4.72 Å². The summed E-state index contributed by atoms with van der Waals surface area (Å²) in [4.78, 5) is 4.03. The molecule has 2 rings (SSSR count). The van der Waals surface area contributed by atoms with Crippen LogP contribution in [0, 0.1) is 12.7 Å². The Balaban J connectivity index is 2.19. The van der Waals surface area contributed by atoms with Crippen molar-refractivity contribution in [1.82, 2.24) is 9.71 Å². The number of sulfonamides is 1. The normalized spacial score (nSPS) is 13.1. The summed E-state index contributed by atoms with van der Waals surface area (Å²) in [5.74, 6) is -0.537. The lowest BCUT2D eigenvalue weighted by Crippen LogP contribution is -2.34. The molecule has 1 atom stereocenters. The molecule has 1 aromatic carbocycles. The Labute approximate surface area is 134 Å². The Morgan fingerprint density at radius 3 is 2.73 bits per heavy atom. The lowest BCUT2D eigenvalue weighted by molar-refractivity contribution is 0.557. The molecule has 7 heteroatoms. The lowest BCUT2D eigenvalue weighted by Gasteiger charge is -2.15. The number of aromatic nitrogens is 1. The van der Waals surface area contributed by atoms with Crippen LogP contribution in [0.3, 0.4) is 0 Å². The Bertz CT molecular complexity index is 767. The van der Waals surface area contributed by atoms with Gasteiger partial charge in [-0.15, -0.1) is 0 Å². The highest BCUT2D eigenvalue weighted by Gasteiger charge is 2.22. The van der Waals surface area contributed by atoms with Crippen molar-refractivity contribution in [3.63, 3.8) is 0 Å². The van der Waals surface area contributed by atoms with Crippen molar-refractivity contribution in [1.29, 1.82) is 0 Å². The van der Waals surface area contributed by atoms with Gasteiger partial charge >= 0.3 is 0 Å². The standard InChI is InChI=1S/C15H16ClFN2O2S/c1-10-7-15(13(16)9-14(10)17)22(20,21)19-11(2)8-12-5-3-4-6-18-12/h3-7,9,11,19H,8H2,1-2H3. The Morgan fingerprint density at radius 1 is 1.36 bits per heavy atom. The van der Waals surface area contributed by atoms with Gasteiger partial charge in [-0.1, -0.05) is 17.7 Å². The van der Waals surface area contributed by atoms with Gasteiger partial charge in [0.05, 0.1) is 5.02 Å². The third kappa shape index (κ3) is 4.03. The average Bonchev–Trinajstić information content (AvgIpc) is 2.43. The third-order valence-corrected chi connectivity index (χ3v) is 5.15. The van der Waals surface area contributed by atoms with E-state index in [1.807, 2.05) is 12.1 Å². The maximum absolute atomic E-state index is 13.4. The number of nitrogens with one attached hydrogen (secondary N) is 1. The van der Waals surface area contributed by atoms with E-state index in [0.717, 1.165) is 11.8 Å². The highest BCUT2D eigenvalue weighted by molar-refractivity contribution is 7.89. The van der Waals surface area contributed by atoms with Crippen LogP contribution in [0.2, 0.25) is 5.02 Å². The molecule has 0 saturated heterocycles. The molecule has 118 valence electrons. The van der Waals surface area contributed by atoms with E-state index in [2.05, 4.69) is 9.71 Å². The van der Waals surface area contributed by atoms with Crippen LogP contribution in [0.4, 0.5) is 4.39 Å². The van der Waals surface area contributed by atoms with E-state index >= 15 is 0 Å². The molecule has 0 fully saturated rings. The second-order valence-electron chi connectivity index (χ2n) is 5.08. The van der Waals surface area contributed by atoms with Gasteiger partial charge in [-0.2, -0.15) is 0 Å². The maximum Gasteiger partial charge on any atom is 0.242 e. The third-order valence-electron chi connectivity index (χ3n) is 3.10. The highest BCUT2D eigenvalue weighted by Crippen LogP contribution is 2.25. The zero-order chi connectivity index (χ0) is 16.3. The number of aryl methyl sites for hydroxylation is 1. The summed E-state index contributed by atoms with van der Waals surface area (Å²) in [7, 11) is -3.83. The van der Waals surface area contributed by atoms with E-state index < -0.39 is 15.8 Å². The first-order valence-electron chi connectivity index (χ1n) is 6.67. The minimum absolute atomic E-state index is 0.124. The number of hydrogen-bond donors (Lipinski definition) is 1. The minimum atomic E-state index is -3.83. The van der Waals surface area contributed by atoms with E-state index in [9.17, 15) is 12.8 Å². The van der Waals surface area contributed by atoms with Crippen molar-refractivity contribution in [2.24, 2.45) is 0 Å². The predicted molar refractivity (Wildman–Crippen MR) is 83.9 cm³/mol. The maximum atomic E-state index is 13.4. The first kappa shape index (κ1) is 16.9. The SMILES string of the molecule is Cc1cc(S(=O)(=O)NC(C)Cc2ccccn2)c(Cl)cc1F. The number of rotatable bonds is 5. The molecule has 2 aromatic rings. The quantitative estimate of drug-likeness (QED) is 0.908. The molecular formula is C15H16ClFN2O2S. The van der Waals surface area contributed by atoms with Crippen LogP contribution in [0.15, 0.2) is 41.4 Å². The zero-order valence-corrected chi connectivity index (χ0v) is 13.7. The molecule has 1 aromatic heterocycles. The Kier molecular flexibility index (Phi) is 5.16. The average molecular weight is 343 g/mol. The van der Waals surface area contributed by atoms with Gasteiger partial charge in [0, 0.05) is 24.4 Å². The number of pyridine rings is 1. The fourth-order valence-electron chi connectivity index (χ4n) is 2.04. The summed E-state index contributed by atoms with van der Waals surface area (Å²) in [6.07, 6.45) is 2.09. The zero-order valence-electron chi connectivity index (χ0n) is 12.2. The number of nitrogens with zero attached hydrogens (tertiary/aromatic N) is 1. The van der Waals surface area contributed by atoms with E-state index in [4.69, 9.17) is 11.6 Å². The molecule has 0 radical (unpaired) electrons. The summed E-state index contributed by atoms with van der Waals surface area (Å²) in [6, 6.07) is 7.31. The molecule has 0 aliphatic heterocycles. The monoisotopic (exact) mass is 342 g/mol. The molecule has 0 amide bonds. The van der Waals surface area contributed by atoms with Crippen LogP contribution in [-0.4, -0.2) is 19.4 Å². The van der Waals surface area contributed by atoms with Crippen LogP contribution >= 0.6 is 11.6 Å². The molecule has 0 saturated carbocycles. The van der Waals surface area contributed by atoms with Gasteiger partial charge in [0.25, 0.3) is 0 Å². The van der Waals surface area contributed by atoms with Crippen molar-refractivity contribution < 1.29 is 12.8 Å². The summed E-state index contributed by atoms with van der Waals surface area (Å²) in [6.45, 7) is 3.22. The molecule has 22 heavy (non-hydrogen) atoms. The lowest BCUT2D eigenvalue weighted by atomic mass is 10.2. The largest absolute Gasteiger partial charge is 0.261 e. The molecule has 1 N–H and O–H groups in total. The first-order valence-corrected chi connectivity index (χ1v) is 8.53. The molecule has 0 aliphatic carbocycles. The second kappa shape index (κ2) is 6.73. The van der Waals surface area contributed by atoms with E-state index in [0.29, 0.717) is 6.42 Å². The van der Waals surface area contributed by atoms with Crippen molar-refractivity contribution in [2.75, 3.05) is 0 Å². The summed E-state index contributed by atoms with van der Waals surface area (Å²) < 4.78 is 40.7. The van der Waals surface area contributed by atoms with Gasteiger partial charge in [0.2, 0.25) is 10.0 Å². The van der Waals surface area contributed by atoms with Crippen molar-refractivity contribution in [2.45, 2.75) is 31.2 Å². The van der Waals surface area contributed by atoms with E-state index in [1.165, 1.54) is 13.0 Å². The van der Waals surface area contributed by atoms with Crippen LogP contribution in [0.1, 0.15) is 18.2 Å². The molecule has 1 heterocycles. The van der Waals surface area contributed by atoms with Gasteiger partial charge < -0.3 is 0 Å². The second-order valence-corrected chi connectivity index (χ2v) is 7.17. The predicted octanol–water partition coefficient (Wildman–Crippen LogP) is 3.09. The van der Waals surface area contributed by atoms with Crippen LogP contribution in [0.5, 0.6) is 0 Å². The molecular weight excluding hydrogens is 327 g/mol. The van der Waals surface area contributed by atoms with Crippen molar-refractivity contribution >= 4 is 21.6 Å². The van der Waals surface area contributed by atoms with Gasteiger partial charge in [-0.3, -0.25) is 4.98 Å². The van der Waals surface area contributed by atoms with Gasteiger partial charge in [0.1, 0.15) is 10.7 Å². The van der Waals surface area contributed by atoms with Gasteiger partial charge in [0.15, 0.2) is 0 Å². The van der Waals surface area contributed by atoms with E-state index in [-0.39, 0.29) is 21.5 Å². The molecule has 0 spiro atoms. The summed E-state index contributed by atoms with van der Waals surface area (Å²) in [5.41, 5.74) is 1.00. The minimum Gasteiger partial charge on any atom is -0.261 e. The van der Waals surface area contributed by atoms with Crippen LogP contribution in [0.25, 0.3) is 0 Å². The van der Waals surface area contributed by atoms with Gasteiger partial charge in [-0.25, -0.2) is 17.5 Å². The first-order chi connectivity index (χ1) is 10.3. The fraction of sp³-hybridized carbons (Fsp3) is 0.267. The topological polar surface area (TPSA) is 59.1 Å². The highest BCUT2D eigenvalue weighted by atomic mass is 35.5. The number of benzene rings is 1.